The lowest BCUT2D eigenvalue weighted by molar-refractivity contribution is -0.129. The highest BCUT2D eigenvalue weighted by atomic mass is 32.2. The Bertz CT molecular complexity index is 1360. The summed E-state index contributed by atoms with van der Waals surface area (Å²) in [6.07, 6.45) is 8.77. The Kier molecular flexibility index (Phi) is 7.14. The number of hydrogen-bond acceptors (Lipinski definition) is 10. The van der Waals surface area contributed by atoms with Gasteiger partial charge in [-0.15, -0.1) is 0 Å². The Morgan fingerprint density at radius 2 is 2.08 bits per heavy atom. The number of aryl methyl sites for hydroxylation is 2. The fourth-order valence-electron chi connectivity index (χ4n) is 3.94. The van der Waals surface area contributed by atoms with Crippen molar-refractivity contribution in [2.45, 2.75) is 42.4 Å². The van der Waals surface area contributed by atoms with Crippen LogP contribution in [0.5, 0.6) is 11.5 Å². The number of amides is 1. The van der Waals surface area contributed by atoms with Crippen LogP contribution in [0.4, 0.5) is 10.9 Å². The van der Waals surface area contributed by atoms with E-state index in [0.29, 0.717) is 22.4 Å². The molecule has 5 rings (SSSR count). The summed E-state index contributed by atoms with van der Waals surface area (Å²) in [5.74, 6) is 2.88. The number of aromatic nitrogens is 6. The average molecular weight is 523 g/mol. The predicted molar refractivity (Wildman–Crippen MR) is 138 cm³/mol. The molecule has 0 aromatic carbocycles. The molecule has 0 saturated carbocycles. The van der Waals surface area contributed by atoms with Crippen molar-refractivity contribution in [2.24, 2.45) is 7.05 Å². The Morgan fingerprint density at radius 1 is 1.25 bits per heavy atom. The van der Waals surface area contributed by atoms with Crippen molar-refractivity contribution in [3.05, 3.63) is 54.5 Å². The first kappa shape index (κ1) is 24.2. The van der Waals surface area contributed by atoms with Gasteiger partial charge in [0.05, 0.1) is 18.1 Å². The molecular weight excluding hydrogens is 496 g/mol. The number of likely N-dealkylation sites (tertiary alicyclic amines) is 1. The smallest absolute Gasteiger partial charge is 0.219 e. The van der Waals surface area contributed by atoms with E-state index in [1.165, 1.54) is 11.5 Å². The van der Waals surface area contributed by atoms with Crippen LogP contribution in [0.2, 0.25) is 0 Å². The zero-order valence-electron chi connectivity index (χ0n) is 20.2. The molecular formula is C24H26N8O2S2. The van der Waals surface area contributed by atoms with Gasteiger partial charge in [0, 0.05) is 72.8 Å². The molecule has 1 saturated heterocycles. The highest BCUT2D eigenvalue weighted by Gasteiger charge is 2.25. The number of hydrogen-bond donors (Lipinski definition) is 1. The van der Waals surface area contributed by atoms with Gasteiger partial charge < -0.3 is 15.0 Å². The molecule has 0 spiro atoms. The summed E-state index contributed by atoms with van der Waals surface area (Å²) in [6, 6.07) is 5.89. The summed E-state index contributed by atoms with van der Waals surface area (Å²) in [5.41, 5.74) is 0.954. The zero-order valence-corrected chi connectivity index (χ0v) is 21.8. The van der Waals surface area contributed by atoms with Gasteiger partial charge in [0.15, 0.2) is 17.3 Å². The summed E-state index contributed by atoms with van der Waals surface area (Å²) in [6.45, 7) is 5.07. The molecule has 1 aliphatic heterocycles. The van der Waals surface area contributed by atoms with Crippen LogP contribution in [-0.2, 0) is 11.8 Å². The van der Waals surface area contributed by atoms with Gasteiger partial charge in [-0.3, -0.25) is 14.5 Å². The molecule has 0 unspecified atom stereocenters. The standard InChI is InChI=1S/C24H26N8O2S2/c1-15-21(5-4-8-25-15)35-19-11-20(34-18-12-27-31(3)14-18)23(26-13-19)29-24-28-22(30-36-24)17-6-9-32(10-7-17)16(2)33/h4-5,8,11-14,17H,6-7,9-10H2,1-3H3,(H,26,28,29,30). The highest BCUT2D eigenvalue weighted by molar-refractivity contribution is 7.99. The maximum absolute atomic E-state index is 11.6. The molecule has 1 amide bonds. The van der Waals surface area contributed by atoms with Crippen LogP contribution in [0.25, 0.3) is 0 Å². The largest absolute Gasteiger partial charge is 0.450 e. The van der Waals surface area contributed by atoms with Crippen LogP contribution < -0.4 is 10.1 Å². The Balaban J connectivity index is 1.35. The number of carbonyl (C=O) groups is 1. The van der Waals surface area contributed by atoms with E-state index in [1.807, 2.05) is 37.1 Å². The number of piperidine rings is 1. The van der Waals surface area contributed by atoms with E-state index in [-0.39, 0.29) is 11.8 Å². The molecule has 1 fully saturated rings. The van der Waals surface area contributed by atoms with E-state index < -0.39 is 0 Å². The molecule has 0 aliphatic carbocycles. The molecule has 5 heterocycles. The molecule has 0 bridgehead atoms. The normalized spacial score (nSPS) is 14.1. The van der Waals surface area contributed by atoms with Crippen molar-refractivity contribution in [3.8, 4) is 11.5 Å². The summed E-state index contributed by atoms with van der Waals surface area (Å²) in [7, 11) is 1.84. The molecule has 186 valence electrons. The lowest BCUT2D eigenvalue weighted by atomic mass is 9.96. The van der Waals surface area contributed by atoms with Gasteiger partial charge in [0.2, 0.25) is 11.0 Å². The lowest BCUT2D eigenvalue weighted by Crippen LogP contribution is -2.36. The molecule has 0 atom stereocenters. The van der Waals surface area contributed by atoms with E-state index in [2.05, 4.69) is 24.8 Å². The zero-order chi connectivity index (χ0) is 25.1. The second-order valence-electron chi connectivity index (χ2n) is 8.52. The van der Waals surface area contributed by atoms with Gasteiger partial charge in [0.25, 0.3) is 0 Å². The van der Waals surface area contributed by atoms with E-state index in [0.717, 1.165) is 47.2 Å². The number of pyridine rings is 2. The van der Waals surface area contributed by atoms with Crippen LogP contribution in [0.3, 0.4) is 0 Å². The van der Waals surface area contributed by atoms with Crippen LogP contribution in [-0.4, -0.2) is 53.0 Å². The van der Waals surface area contributed by atoms with E-state index in [4.69, 9.17) is 9.72 Å². The van der Waals surface area contributed by atoms with Crippen LogP contribution in [0.15, 0.2) is 52.8 Å². The summed E-state index contributed by atoms with van der Waals surface area (Å²) < 4.78 is 12.4. The molecule has 12 heteroatoms. The number of rotatable bonds is 7. The van der Waals surface area contributed by atoms with Crippen molar-refractivity contribution in [3.63, 3.8) is 0 Å². The number of nitrogens with one attached hydrogen (secondary N) is 1. The minimum absolute atomic E-state index is 0.120. The maximum atomic E-state index is 11.6. The highest BCUT2D eigenvalue weighted by Crippen LogP contribution is 2.37. The Labute approximate surface area is 217 Å². The van der Waals surface area contributed by atoms with Gasteiger partial charge in [-0.2, -0.15) is 9.47 Å². The molecule has 4 aromatic heterocycles. The van der Waals surface area contributed by atoms with Crippen molar-refractivity contribution < 1.29 is 9.53 Å². The van der Waals surface area contributed by atoms with Crippen LogP contribution in [0, 0.1) is 6.92 Å². The molecule has 10 nitrogen and oxygen atoms in total. The monoisotopic (exact) mass is 522 g/mol. The number of anilines is 2. The summed E-state index contributed by atoms with van der Waals surface area (Å²) in [4.78, 5) is 29.2. The average Bonchev–Trinajstić information content (AvgIpc) is 3.51. The molecule has 0 radical (unpaired) electrons. The fraction of sp³-hybridized carbons (Fsp3) is 0.333. The third-order valence-electron chi connectivity index (χ3n) is 5.90. The Hall–Kier alpha value is -3.51. The molecule has 4 aromatic rings. The Morgan fingerprint density at radius 3 is 2.81 bits per heavy atom. The third kappa shape index (κ3) is 5.65. The maximum Gasteiger partial charge on any atom is 0.219 e. The fourth-order valence-corrected chi connectivity index (χ4v) is 5.46. The molecule has 1 N–H and O–H groups in total. The van der Waals surface area contributed by atoms with E-state index in [1.54, 1.807) is 48.2 Å². The van der Waals surface area contributed by atoms with Crippen molar-refractivity contribution in [1.29, 1.82) is 0 Å². The van der Waals surface area contributed by atoms with E-state index in [9.17, 15) is 4.79 Å². The first-order valence-corrected chi connectivity index (χ1v) is 13.2. The van der Waals surface area contributed by atoms with Gasteiger partial charge in [-0.25, -0.2) is 9.97 Å². The van der Waals surface area contributed by atoms with Gasteiger partial charge in [-0.1, -0.05) is 11.8 Å². The lowest BCUT2D eigenvalue weighted by Gasteiger charge is -2.29. The van der Waals surface area contributed by atoms with Crippen LogP contribution >= 0.6 is 23.3 Å². The van der Waals surface area contributed by atoms with E-state index >= 15 is 0 Å². The minimum atomic E-state index is 0.120. The number of nitrogens with zero attached hydrogens (tertiary/aromatic N) is 7. The first-order valence-electron chi connectivity index (χ1n) is 11.6. The predicted octanol–water partition coefficient (Wildman–Crippen LogP) is 4.78. The van der Waals surface area contributed by atoms with Gasteiger partial charge in [0.1, 0.15) is 5.82 Å². The van der Waals surface area contributed by atoms with Crippen molar-refractivity contribution in [2.75, 3.05) is 18.4 Å². The minimum Gasteiger partial charge on any atom is -0.450 e. The second-order valence-corrected chi connectivity index (χ2v) is 10.4. The SMILES string of the molecule is CC(=O)N1CCC(c2nsc(Nc3ncc(Sc4cccnc4C)cc3Oc3cnn(C)c3)n2)CC1. The van der Waals surface area contributed by atoms with Gasteiger partial charge in [-0.05, 0) is 31.9 Å². The number of ether oxygens (including phenoxy) is 1. The topological polar surface area (TPSA) is 111 Å². The second kappa shape index (κ2) is 10.6. The van der Waals surface area contributed by atoms with Crippen LogP contribution in [0.1, 0.15) is 37.2 Å². The number of carbonyl (C=O) groups excluding carboxylic acids is 1. The first-order chi connectivity index (χ1) is 17.4. The van der Waals surface area contributed by atoms with Crippen molar-refractivity contribution in [1.82, 2.24) is 34.0 Å². The molecule has 36 heavy (non-hydrogen) atoms. The van der Waals surface area contributed by atoms with Crippen molar-refractivity contribution >= 4 is 40.2 Å². The summed E-state index contributed by atoms with van der Waals surface area (Å²) in [5, 5.41) is 8.12. The quantitative estimate of drug-likeness (QED) is 0.366. The summed E-state index contributed by atoms with van der Waals surface area (Å²) >= 11 is 2.87. The third-order valence-corrected chi connectivity index (χ3v) is 7.65. The molecule has 1 aliphatic rings. The van der Waals surface area contributed by atoms with Gasteiger partial charge >= 0.3 is 0 Å².